The Morgan fingerprint density at radius 3 is 2.48 bits per heavy atom. The second-order valence-corrected chi connectivity index (χ2v) is 8.99. The maximum Gasteiger partial charge on any atom is 0.238 e. The van der Waals surface area contributed by atoms with Crippen LogP contribution in [-0.4, -0.2) is 31.1 Å². The lowest BCUT2D eigenvalue weighted by Gasteiger charge is -2.12. The van der Waals surface area contributed by atoms with Gasteiger partial charge in [-0.15, -0.1) is 11.3 Å². The van der Waals surface area contributed by atoms with E-state index in [1.54, 1.807) is 5.38 Å². The molecule has 0 fully saturated rings. The second-order valence-electron chi connectivity index (χ2n) is 5.69. The van der Waals surface area contributed by atoms with E-state index in [1.165, 1.54) is 6.92 Å². The van der Waals surface area contributed by atoms with Gasteiger partial charge in [-0.2, -0.15) is 0 Å². The highest BCUT2D eigenvalue weighted by atomic mass is 32.2. The Morgan fingerprint density at radius 1 is 1.22 bits per heavy atom. The Morgan fingerprint density at radius 2 is 1.87 bits per heavy atom. The van der Waals surface area contributed by atoms with Gasteiger partial charge in [0.25, 0.3) is 0 Å². The van der Waals surface area contributed by atoms with Crippen LogP contribution in [0.3, 0.4) is 0 Å². The molecular weight excluding hydrogens is 332 g/mol. The number of sulfone groups is 1. The SMILES string of the molecule is CC(C)CNC(=O)[C@@H](C)S(=O)(=O)c1nc(-c2ccccc2)cs1. The molecule has 5 nitrogen and oxygen atoms in total. The van der Waals surface area contributed by atoms with Gasteiger partial charge in [0.2, 0.25) is 20.1 Å². The number of nitrogens with zero attached hydrogens (tertiary/aromatic N) is 1. The molecule has 1 N–H and O–H groups in total. The van der Waals surface area contributed by atoms with E-state index in [0.717, 1.165) is 16.9 Å². The minimum atomic E-state index is -3.78. The molecule has 0 spiro atoms. The summed E-state index contributed by atoms with van der Waals surface area (Å²) in [4.78, 5) is 16.2. The lowest BCUT2D eigenvalue weighted by atomic mass is 10.2. The van der Waals surface area contributed by atoms with Gasteiger partial charge >= 0.3 is 0 Å². The van der Waals surface area contributed by atoms with Gasteiger partial charge in [0.15, 0.2) is 0 Å². The van der Waals surface area contributed by atoms with Gasteiger partial charge in [0, 0.05) is 17.5 Å². The number of thiazole rings is 1. The van der Waals surface area contributed by atoms with E-state index in [1.807, 2.05) is 44.2 Å². The molecule has 0 saturated carbocycles. The van der Waals surface area contributed by atoms with Crippen molar-refractivity contribution in [2.24, 2.45) is 5.92 Å². The summed E-state index contributed by atoms with van der Waals surface area (Å²) in [6.07, 6.45) is 0. The summed E-state index contributed by atoms with van der Waals surface area (Å²) in [7, 11) is -3.78. The fourth-order valence-electron chi connectivity index (χ4n) is 1.87. The van der Waals surface area contributed by atoms with E-state index >= 15 is 0 Å². The molecule has 2 aromatic rings. The minimum Gasteiger partial charge on any atom is -0.355 e. The molecule has 0 aliphatic heterocycles. The van der Waals surface area contributed by atoms with Crippen molar-refractivity contribution in [1.82, 2.24) is 10.3 Å². The number of rotatable bonds is 6. The van der Waals surface area contributed by atoms with E-state index in [0.29, 0.717) is 12.2 Å². The summed E-state index contributed by atoms with van der Waals surface area (Å²) in [5.74, 6) is -0.228. The van der Waals surface area contributed by atoms with E-state index in [2.05, 4.69) is 10.3 Å². The van der Waals surface area contributed by atoms with Crippen LogP contribution >= 0.6 is 11.3 Å². The van der Waals surface area contributed by atoms with Gasteiger partial charge in [0.1, 0.15) is 5.25 Å². The second kappa shape index (κ2) is 7.23. The van der Waals surface area contributed by atoms with Crippen LogP contribution in [0.1, 0.15) is 20.8 Å². The molecule has 23 heavy (non-hydrogen) atoms. The van der Waals surface area contributed by atoms with Crippen LogP contribution in [0.25, 0.3) is 11.3 Å². The first-order chi connectivity index (χ1) is 10.8. The summed E-state index contributed by atoms with van der Waals surface area (Å²) < 4.78 is 25.1. The first-order valence-electron chi connectivity index (χ1n) is 7.35. The summed E-state index contributed by atoms with van der Waals surface area (Å²) in [5.41, 5.74) is 1.45. The number of benzene rings is 1. The number of hydrogen-bond donors (Lipinski definition) is 1. The number of amides is 1. The monoisotopic (exact) mass is 352 g/mol. The van der Waals surface area contributed by atoms with E-state index in [4.69, 9.17) is 0 Å². The molecule has 0 unspecified atom stereocenters. The van der Waals surface area contributed by atoms with Crippen LogP contribution in [0.4, 0.5) is 0 Å². The Labute approximate surface area is 140 Å². The molecular formula is C16H20N2O3S2. The standard InChI is InChI=1S/C16H20N2O3S2/c1-11(2)9-17-15(19)12(3)23(20,21)16-18-14(10-22-16)13-7-5-4-6-8-13/h4-8,10-12H,9H2,1-3H3,(H,17,19)/t12-/m1/s1. The summed E-state index contributed by atoms with van der Waals surface area (Å²) in [6.45, 7) is 5.75. The van der Waals surface area contributed by atoms with Crippen LogP contribution in [0.2, 0.25) is 0 Å². The van der Waals surface area contributed by atoms with Gasteiger partial charge in [-0.05, 0) is 12.8 Å². The van der Waals surface area contributed by atoms with Crippen molar-refractivity contribution < 1.29 is 13.2 Å². The van der Waals surface area contributed by atoms with Crippen molar-refractivity contribution >= 4 is 27.1 Å². The van der Waals surface area contributed by atoms with Crippen LogP contribution < -0.4 is 5.32 Å². The zero-order valence-electron chi connectivity index (χ0n) is 13.3. The largest absolute Gasteiger partial charge is 0.355 e. The van der Waals surface area contributed by atoms with Gasteiger partial charge in [0.05, 0.1) is 5.69 Å². The Balaban J connectivity index is 2.20. The highest BCUT2D eigenvalue weighted by molar-refractivity contribution is 7.94. The van der Waals surface area contributed by atoms with Crippen LogP contribution in [0.15, 0.2) is 40.1 Å². The lowest BCUT2D eigenvalue weighted by Crippen LogP contribution is -2.39. The molecule has 0 saturated heterocycles. The molecule has 0 radical (unpaired) electrons. The molecule has 0 bridgehead atoms. The van der Waals surface area contributed by atoms with Crippen LogP contribution in [0, 0.1) is 5.92 Å². The van der Waals surface area contributed by atoms with Crippen LogP contribution in [0.5, 0.6) is 0 Å². The zero-order chi connectivity index (χ0) is 17.0. The Kier molecular flexibility index (Phi) is 5.54. The number of carbonyl (C=O) groups excluding carboxylic acids is 1. The Bertz CT molecular complexity index is 768. The third-order valence-electron chi connectivity index (χ3n) is 3.32. The maximum absolute atomic E-state index is 12.6. The molecule has 1 aromatic carbocycles. The summed E-state index contributed by atoms with van der Waals surface area (Å²) in [5, 5.41) is 3.19. The number of aromatic nitrogens is 1. The van der Waals surface area contributed by atoms with Crippen molar-refractivity contribution in [3.8, 4) is 11.3 Å². The quantitative estimate of drug-likeness (QED) is 0.867. The molecule has 1 heterocycles. The molecule has 1 atom stereocenters. The van der Waals surface area contributed by atoms with Gasteiger partial charge < -0.3 is 5.32 Å². The predicted molar refractivity (Wildman–Crippen MR) is 92.0 cm³/mol. The van der Waals surface area contributed by atoms with E-state index in [9.17, 15) is 13.2 Å². The van der Waals surface area contributed by atoms with Crippen molar-refractivity contribution in [3.05, 3.63) is 35.7 Å². The van der Waals surface area contributed by atoms with Crippen molar-refractivity contribution in [2.75, 3.05) is 6.54 Å². The van der Waals surface area contributed by atoms with Crippen molar-refractivity contribution in [2.45, 2.75) is 30.4 Å². The van der Waals surface area contributed by atoms with Gasteiger partial charge in [-0.25, -0.2) is 13.4 Å². The minimum absolute atomic E-state index is 0.0245. The van der Waals surface area contributed by atoms with Crippen molar-refractivity contribution in [1.29, 1.82) is 0 Å². The average Bonchev–Trinajstić information content (AvgIpc) is 3.03. The van der Waals surface area contributed by atoms with E-state index < -0.39 is 21.0 Å². The maximum atomic E-state index is 12.6. The smallest absolute Gasteiger partial charge is 0.238 e. The molecule has 1 amide bonds. The molecule has 2 rings (SSSR count). The predicted octanol–water partition coefficient (Wildman–Crippen LogP) is 2.74. The molecule has 0 aliphatic rings. The van der Waals surface area contributed by atoms with Crippen molar-refractivity contribution in [3.63, 3.8) is 0 Å². The topological polar surface area (TPSA) is 76.1 Å². The van der Waals surface area contributed by atoms with Gasteiger partial charge in [-0.1, -0.05) is 44.2 Å². The third-order valence-corrected chi connectivity index (χ3v) is 6.66. The molecule has 124 valence electrons. The van der Waals surface area contributed by atoms with Gasteiger partial charge in [-0.3, -0.25) is 4.79 Å². The Hall–Kier alpha value is -1.73. The fourth-order valence-corrected chi connectivity index (χ4v) is 4.43. The third kappa shape index (κ3) is 4.17. The fraction of sp³-hybridized carbons (Fsp3) is 0.375. The molecule has 7 heteroatoms. The number of carbonyl (C=O) groups is 1. The highest BCUT2D eigenvalue weighted by Gasteiger charge is 2.32. The highest BCUT2D eigenvalue weighted by Crippen LogP contribution is 2.26. The van der Waals surface area contributed by atoms with Crippen LogP contribution in [-0.2, 0) is 14.6 Å². The number of hydrogen-bond acceptors (Lipinski definition) is 5. The van der Waals surface area contributed by atoms with E-state index in [-0.39, 0.29) is 10.3 Å². The summed E-state index contributed by atoms with van der Waals surface area (Å²) in [6, 6.07) is 9.35. The molecule has 1 aromatic heterocycles. The normalized spacial score (nSPS) is 13.0. The lowest BCUT2D eigenvalue weighted by molar-refractivity contribution is -0.120. The number of nitrogens with one attached hydrogen (secondary N) is 1. The first kappa shape index (κ1) is 17.6. The zero-order valence-corrected chi connectivity index (χ0v) is 14.9. The first-order valence-corrected chi connectivity index (χ1v) is 9.77. The summed E-state index contributed by atoms with van der Waals surface area (Å²) >= 11 is 1.04. The molecule has 0 aliphatic carbocycles. The average molecular weight is 352 g/mol.